The average Bonchev–Trinajstić information content (AvgIpc) is 3.46. The van der Waals surface area contributed by atoms with E-state index < -0.39 is 17.2 Å². The van der Waals surface area contributed by atoms with Crippen molar-refractivity contribution in [2.24, 2.45) is 4.99 Å². The quantitative estimate of drug-likeness (QED) is 0.457. The maximum absolute atomic E-state index is 14.3. The summed E-state index contributed by atoms with van der Waals surface area (Å²) in [5, 5.41) is -0.0389. The highest BCUT2D eigenvalue weighted by Crippen LogP contribution is 2.42. The molecule has 0 N–H and O–H groups in total. The van der Waals surface area contributed by atoms with E-state index in [0.717, 1.165) is 17.0 Å². The Hall–Kier alpha value is -2.32. The van der Waals surface area contributed by atoms with Gasteiger partial charge in [0.25, 0.3) is 5.56 Å². The van der Waals surface area contributed by atoms with Crippen LogP contribution >= 0.6 is 27.5 Å². The van der Waals surface area contributed by atoms with E-state index in [1.165, 1.54) is 12.3 Å². The molecule has 1 aliphatic heterocycles. The molecule has 0 spiro atoms. The monoisotopic (exact) mass is 468 g/mol. The normalized spacial score (nSPS) is 17.5. The van der Waals surface area contributed by atoms with E-state index in [0.29, 0.717) is 23.5 Å². The van der Waals surface area contributed by atoms with Crippen molar-refractivity contribution < 1.29 is 8.78 Å². The Morgan fingerprint density at radius 2 is 2.18 bits per heavy atom. The van der Waals surface area contributed by atoms with Crippen LogP contribution in [0.5, 0.6) is 0 Å². The number of aryl methyl sites for hydroxylation is 1. The van der Waals surface area contributed by atoms with E-state index in [1.807, 2.05) is 4.90 Å². The Balaban J connectivity index is 1.93. The Bertz CT molecular complexity index is 1060. The minimum atomic E-state index is -0.720. The second-order valence-electron chi connectivity index (χ2n) is 6.14. The summed E-state index contributed by atoms with van der Waals surface area (Å²) in [6.45, 7) is 4.00. The minimum Gasteiger partial charge on any atom is -0.359 e. The highest BCUT2D eigenvalue weighted by atomic mass is 79.9. The third-order valence-electron chi connectivity index (χ3n) is 4.17. The first-order valence-corrected chi connectivity index (χ1v) is 9.51. The van der Waals surface area contributed by atoms with Crippen molar-refractivity contribution in [3.05, 3.63) is 75.1 Å². The molecule has 146 valence electrons. The number of halogens is 4. The third-order valence-corrected chi connectivity index (χ3v) is 5.10. The van der Waals surface area contributed by atoms with E-state index >= 15 is 0 Å². The molecule has 2 aromatic heterocycles. The van der Waals surface area contributed by atoms with Crippen LogP contribution < -0.4 is 10.5 Å². The molecular weight excluding hydrogens is 454 g/mol. The van der Waals surface area contributed by atoms with Crippen LogP contribution in [-0.2, 0) is 0 Å². The van der Waals surface area contributed by atoms with Crippen LogP contribution in [0.3, 0.4) is 0 Å². The van der Waals surface area contributed by atoms with Crippen LogP contribution in [0.25, 0.3) is 6.20 Å². The van der Waals surface area contributed by atoms with Gasteiger partial charge in [0, 0.05) is 24.6 Å². The van der Waals surface area contributed by atoms with E-state index in [4.69, 9.17) is 11.6 Å². The average molecular weight is 470 g/mol. The predicted octanol–water partition coefficient (Wildman–Crippen LogP) is 5.00. The lowest BCUT2D eigenvalue weighted by Crippen LogP contribution is -2.20. The van der Waals surface area contributed by atoms with Crippen LogP contribution in [0, 0.1) is 12.7 Å². The zero-order chi connectivity index (χ0) is 20.4. The molecule has 3 rings (SSSR count). The molecule has 5 nitrogen and oxygen atoms in total. The van der Waals surface area contributed by atoms with Gasteiger partial charge >= 0.3 is 0 Å². The molecule has 0 radical (unpaired) electrons. The lowest BCUT2D eigenvalue weighted by Gasteiger charge is -2.12. The number of pyridine rings is 2. The van der Waals surface area contributed by atoms with E-state index in [1.54, 1.807) is 32.2 Å². The van der Waals surface area contributed by atoms with Crippen molar-refractivity contribution in [3.63, 3.8) is 0 Å². The fourth-order valence-corrected chi connectivity index (χ4v) is 3.22. The number of aliphatic imine (C=N–C) groups is 1. The zero-order valence-electron chi connectivity index (χ0n) is 15.0. The molecule has 28 heavy (non-hydrogen) atoms. The summed E-state index contributed by atoms with van der Waals surface area (Å²) >= 11 is 9.29. The first-order valence-electron chi connectivity index (χ1n) is 8.34. The second kappa shape index (κ2) is 8.36. The SMILES string of the molecule is C/C=C/N=C(Br)/C(F)=C/n1c(C)cc(N2CC2c2cncc(F)c2)c(Cl)c1=O. The Morgan fingerprint density at radius 3 is 2.86 bits per heavy atom. The number of nitrogens with zero attached hydrogens (tertiary/aromatic N) is 4. The summed E-state index contributed by atoms with van der Waals surface area (Å²) in [6, 6.07) is 2.99. The van der Waals surface area contributed by atoms with Gasteiger partial charge in [-0.3, -0.25) is 14.3 Å². The maximum atomic E-state index is 14.3. The number of rotatable bonds is 5. The molecule has 1 saturated heterocycles. The minimum absolute atomic E-state index is 0.0389. The number of hydrogen-bond acceptors (Lipinski definition) is 4. The van der Waals surface area contributed by atoms with E-state index in [-0.39, 0.29) is 15.7 Å². The smallest absolute Gasteiger partial charge is 0.275 e. The Kier molecular flexibility index (Phi) is 6.10. The molecule has 0 saturated carbocycles. The summed E-state index contributed by atoms with van der Waals surface area (Å²) < 4.78 is 28.8. The molecule has 0 bridgehead atoms. The van der Waals surface area contributed by atoms with Crippen molar-refractivity contribution in [1.29, 1.82) is 0 Å². The van der Waals surface area contributed by atoms with Crippen molar-refractivity contribution in [2.75, 3.05) is 11.4 Å². The number of anilines is 1. The number of hydrogen-bond donors (Lipinski definition) is 0. The summed E-state index contributed by atoms with van der Waals surface area (Å²) in [4.78, 5) is 22.2. The lowest BCUT2D eigenvalue weighted by molar-refractivity contribution is 0.618. The number of aromatic nitrogens is 2. The van der Waals surface area contributed by atoms with Gasteiger partial charge in [0.2, 0.25) is 0 Å². The summed E-state index contributed by atoms with van der Waals surface area (Å²) in [7, 11) is 0. The largest absolute Gasteiger partial charge is 0.359 e. The van der Waals surface area contributed by atoms with Crippen LogP contribution in [0.1, 0.15) is 24.2 Å². The molecule has 2 aromatic rings. The topological polar surface area (TPSA) is 50.3 Å². The van der Waals surface area contributed by atoms with E-state index in [2.05, 4.69) is 25.9 Å². The molecule has 1 atom stereocenters. The van der Waals surface area contributed by atoms with Gasteiger partial charge < -0.3 is 4.90 Å². The van der Waals surface area contributed by atoms with Gasteiger partial charge in [0.15, 0.2) is 5.83 Å². The molecule has 3 heterocycles. The summed E-state index contributed by atoms with van der Waals surface area (Å²) in [5.74, 6) is -1.14. The van der Waals surface area contributed by atoms with Gasteiger partial charge in [-0.05, 0) is 47.5 Å². The van der Waals surface area contributed by atoms with Crippen molar-refractivity contribution in [3.8, 4) is 0 Å². The molecule has 0 aromatic carbocycles. The van der Waals surface area contributed by atoms with Crippen LogP contribution in [-0.4, -0.2) is 20.7 Å². The molecule has 0 aliphatic carbocycles. The summed E-state index contributed by atoms with van der Waals surface area (Å²) in [5.41, 5.74) is 1.16. The van der Waals surface area contributed by atoms with Gasteiger partial charge in [0.05, 0.1) is 24.1 Å². The third kappa shape index (κ3) is 4.23. The van der Waals surface area contributed by atoms with E-state index in [9.17, 15) is 13.6 Å². The molecule has 1 fully saturated rings. The fourth-order valence-electron chi connectivity index (χ4n) is 2.75. The Labute approximate surface area is 173 Å². The molecule has 9 heteroatoms. The molecular formula is C19H16BrClF2N4O. The maximum Gasteiger partial charge on any atom is 0.275 e. The molecule has 1 unspecified atom stereocenters. The van der Waals surface area contributed by atoms with Crippen LogP contribution in [0.2, 0.25) is 5.02 Å². The van der Waals surface area contributed by atoms with Gasteiger partial charge in [-0.25, -0.2) is 13.8 Å². The molecule has 0 amide bonds. The first kappa shape index (κ1) is 20.4. The standard InChI is InChI=1S/C19H16BrClF2N4O/c1-3-4-25-18(20)14(23)9-26-11(2)5-15(17(21)19(26)28)27-10-16(27)12-6-13(22)8-24-7-12/h3-9,16H,10H2,1-2H3/b4-3+,14-9-,25-18-. The molecule has 1 aliphatic rings. The lowest BCUT2D eigenvalue weighted by atomic mass is 10.2. The van der Waals surface area contributed by atoms with Crippen LogP contribution in [0.15, 0.2) is 52.4 Å². The Morgan fingerprint density at radius 1 is 1.43 bits per heavy atom. The second-order valence-corrected chi connectivity index (χ2v) is 7.27. The van der Waals surface area contributed by atoms with Gasteiger partial charge in [-0.2, -0.15) is 0 Å². The number of allylic oxidation sites excluding steroid dienone is 2. The fraction of sp³-hybridized carbons (Fsp3) is 0.211. The van der Waals surface area contributed by atoms with Crippen LogP contribution in [0.4, 0.5) is 14.5 Å². The zero-order valence-corrected chi connectivity index (χ0v) is 17.4. The highest BCUT2D eigenvalue weighted by molar-refractivity contribution is 9.18. The first-order chi connectivity index (χ1) is 13.3. The van der Waals surface area contributed by atoms with Gasteiger partial charge in [-0.1, -0.05) is 17.7 Å². The summed E-state index contributed by atoms with van der Waals surface area (Å²) in [6.07, 6.45) is 6.81. The van der Waals surface area contributed by atoms with Gasteiger partial charge in [-0.15, -0.1) is 0 Å². The predicted molar refractivity (Wildman–Crippen MR) is 111 cm³/mol. The van der Waals surface area contributed by atoms with Crippen molar-refractivity contribution in [2.45, 2.75) is 19.9 Å². The van der Waals surface area contributed by atoms with Gasteiger partial charge in [0.1, 0.15) is 15.5 Å². The highest BCUT2D eigenvalue weighted by Gasteiger charge is 2.38. The van der Waals surface area contributed by atoms with Crippen molar-refractivity contribution >= 4 is 44.0 Å². The van der Waals surface area contributed by atoms with Crippen molar-refractivity contribution in [1.82, 2.24) is 9.55 Å².